The number of aryl methyl sites for hydroxylation is 1. The summed E-state index contributed by atoms with van der Waals surface area (Å²) in [5.41, 5.74) is 1.12. The second kappa shape index (κ2) is 5.39. The van der Waals surface area contributed by atoms with Gasteiger partial charge in [0, 0.05) is 10.0 Å². The van der Waals surface area contributed by atoms with Crippen LogP contribution in [0.3, 0.4) is 0 Å². The van der Waals surface area contributed by atoms with Crippen molar-refractivity contribution in [1.82, 2.24) is 0 Å². The predicted molar refractivity (Wildman–Crippen MR) is 76.9 cm³/mol. The molecule has 1 heterocycles. The van der Waals surface area contributed by atoms with E-state index in [-0.39, 0.29) is 10.7 Å². The topological polar surface area (TPSA) is 102 Å². The standard InChI is InChI=1S/C12H11BrN2O4S/c1-7-4-5-19-11(7)12(16)15-10-3-2-8(6-9(10)13)20(14,17)18/h2-6H,1H3,(H,15,16)(H2,14,17,18). The van der Waals surface area contributed by atoms with Crippen molar-refractivity contribution in [1.29, 1.82) is 0 Å². The molecule has 20 heavy (non-hydrogen) atoms. The molecule has 0 spiro atoms. The number of hydrogen-bond acceptors (Lipinski definition) is 4. The molecular formula is C12H11BrN2O4S. The van der Waals surface area contributed by atoms with Gasteiger partial charge in [0.05, 0.1) is 16.8 Å². The number of sulfonamides is 1. The number of nitrogens with one attached hydrogen (secondary N) is 1. The van der Waals surface area contributed by atoms with Gasteiger partial charge in [-0.2, -0.15) is 0 Å². The van der Waals surface area contributed by atoms with E-state index in [1.54, 1.807) is 13.0 Å². The Labute approximate surface area is 124 Å². The van der Waals surface area contributed by atoms with Crippen molar-refractivity contribution < 1.29 is 17.6 Å². The minimum Gasteiger partial charge on any atom is -0.459 e. The van der Waals surface area contributed by atoms with E-state index < -0.39 is 15.9 Å². The van der Waals surface area contributed by atoms with Crippen molar-refractivity contribution in [3.63, 3.8) is 0 Å². The summed E-state index contributed by atoms with van der Waals surface area (Å²) in [6, 6.07) is 5.75. The van der Waals surface area contributed by atoms with Gasteiger partial charge in [0.2, 0.25) is 10.0 Å². The maximum atomic E-state index is 12.0. The van der Waals surface area contributed by atoms with E-state index in [1.165, 1.54) is 24.5 Å². The largest absolute Gasteiger partial charge is 0.459 e. The molecule has 0 atom stereocenters. The van der Waals surface area contributed by atoms with Crippen molar-refractivity contribution in [3.8, 4) is 0 Å². The molecule has 1 aromatic heterocycles. The summed E-state index contributed by atoms with van der Waals surface area (Å²) in [5.74, 6) is -0.219. The van der Waals surface area contributed by atoms with Crippen LogP contribution in [-0.2, 0) is 10.0 Å². The molecule has 6 nitrogen and oxygen atoms in total. The molecule has 1 aromatic carbocycles. The summed E-state index contributed by atoms with van der Waals surface area (Å²) in [6.07, 6.45) is 1.42. The van der Waals surface area contributed by atoms with E-state index in [1.807, 2.05) is 0 Å². The average Bonchev–Trinajstić information content (AvgIpc) is 2.76. The number of hydrogen-bond donors (Lipinski definition) is 2. The van der Waals surface area contributed by atoms with Crippen molar-refractivity contribution in [2.75, 3.05) is 5.32 Å². The zero-order chi connectivity index (χ0) is 14.9. The number of furan rings is 1. The Hall–Kier alpha value is -1.64. The number of nitrogens with two attached hydrogens (primary N) is 1. The summed E-state index contributed by atoms with van der Waals surface area (Å²) >= 11 is 3.18. The van der Waals surface area contributed by atoms with Crippen molar-refractivity contribution in [2.45, 2.75) is 11.8 Å². The summed E-state index contributed by atoms with van der Waals surface area (Å²) in [5, 5.41) is 7.64. The molecule has 0 bridgehead atoms. The molecule has 3 N–H and O–H groups in total. The van der Waals surface area contributed by atoms with Gasteiger partial charge in [0.15, 0.2) is 5.76 Å². The average molecular weight is 359 g/mol. The fraction of sp³-hybridized carbons (Fsp3) is 0.0833. The Balaban J connectivity index is 2.27. The Kier molecular flexibility index (Phi) is 3.98. The number of carbonyl (C=O) groups excluding carboxylic acids is 1. The molecule has 2 rings (SSSR count). The first-order valence-corrected chi connectivity index (χ1v) is 7.81. The van der Waals surface area contributed by atoms with E-state index in [2.05, 4.69) is 21.2 Å². The van der Waals surface area contributed by atoms with Crippen molar-refractivity contribution >= 4 is 37.5 Å². The second-order valence-electron chi connectivity index (χ2n) is 4.07. The van der Waals surface area contributed by atoms with Gasteiger partial charge in [0.25, 0.3) is 5.91 Å². The molecule has 0 aliphatic carbocycles. The minimum atomic E-state index is -3.78. The molecule has 0 aliphatic heterocycles. The smallest absolute Gasteiger partial charge is 0.291 e. The van der Waals surface area contributed by atoms with Crippen molar-refractivity contribution in [3.05, 3.63) is 46.3 Å². The number of benzene rings is 1. The SMILES string of the molecule is Cc1ccoc1C(=O)Nc1ccc(S(N)(=O)=O)cc1Br. The Morgan fingerprint density at radius 2 is 2.05 bits per heavy atom. The first-order chi connectivity index (χ1) is 9.29. The quantitative estimate of drug-likeness (QED) is 0.877. The lowest BCUT2D eigenvalue weighted by atomic mass is 10.2. The van der Waals surface area contributed by atoms with Gasteiger partial charge in [-0.1, -0.05) is 0 Å². The van der Waals surface area contributed by atoms with Crippen LogP contribution in [0.25, 0.3) is 0 Å². The first-order valence-electron chi connectivity index (χ1n) is 5.47. The van der Waals surface area contributed by atoms with Gasteiger partial charge in [-0.25, -0.2) is 13.6 Å². The number of carbonyl (C=O) groups is 1. The fourth-order valence-corrected chi connectivity index (χ4v) is 2.73. The van der Waals surface area contributed by atoms with Gasteiger partial charge in [-0.05, 0) is 47.1 Å². The Morgan fingerprint density at radius 1 is 1.35 bits per heavy atom. The molecule has 0 saturated carbocycles. The van der Waals surface area contributed by atoms with Crippen LogP contribution in [0.1, 0.15) is 16.1 Å². The normalized spacial score (nSPS) is 11.3. The third-order valence-electron chi connectivity index (χ3n) is 2.59. The number of rotatable bonds is 3. The van der Waals surface area contributed by atoms with Gasteiger partial charge in [0.1, 0.15) is 0 Å². The highest BCUT2D eigenvalue weighted by Gasteiger charge is 2.15. The summed E-state index contributed by atoms with van der Waals surface area (Å²) in [6.45, 7) is 1.75. The molecule has 0 unspecified atom stereocenters. The van der Waals surface area contributed by atoms with Crippen LogP contribution < -0.4 is 10.5 Å². The van der Waals surface area contributed by atoms with Gasteiger partial charge in [-0.15, -0.1) is 0 Å². The number of primary sulfonamides is 1. The predicted octanol–water partition coefficient (Wildman–Crippen LogP) is 2.25. The highest BCUT2D eigenvalue weighted by atomic mass is 79.9. The third-order valence-corrected chi connectivity index (χ3v) is 4.15. The summed E-state index contributed by atoms with van der Waals surface area (Å²) in [7, 11) is -3.78. The van der Waals surface area contributed by atoms with Crippen LogP contribution in [0.15, 0.2) is 44.3 Å². The van der Waals surface area contributed by atoms with E-state index in [0.717, 1.165) is 0 Å². The highest BCUT2D eigenvalue weighted by Crippen LogP contribution is 2.26. The Morgan fingerprint density at radius 3 is 2.55 bits per heavy atom. The van der Waals surface area contributed by atoms with E-state index in [0.29, 0.717) is 15.7 Å². The number of amides is 1. The van der Waals surface area contributed by atoms with E-state index in [9.17, 15) is 13.2 Å². The number of halogens is 1. The fourth-order valence-electron chi connectivity index (χ4n) is 1.56. The third kappa shape index (κ3) is 3.09. The van der Waals surface area contributed by atoms with Crippen molar-refractivity contribution in [2.24, 2.45) is 5.14 Å². The van der Waals surface area contributed by atoms with Crippen LogP contribution in [0.4, 0.5) is 5.69 Å². The highest BCUT2D eigenvalue weighted by molar-refractivity contribution is 9.10. The lowest BCUT2D eigenvalue weighted by Crippen LogP contribution is -2.14. The van der Waals surface area contributed by atoms with Gasteiger partial charge >= 0.3 is 0 Å². The molecule has 0 aliphatic rings. The van der Waals surface area contributed by atoms with E-state index >= 15 is 0 Å². The first kappa shape index (κ1) is 14.8. The van der Waals surface area contributed by atoms with Crippen LogP contribution in [0.2, 0.25) is 0 Å². The molecular weight excluding hydrogens is 348 g/mol. The maximum absolute atomic E-state index is 12.0. The molecule has 8 heteroatoms. The summed E-state index contributed by atoms with van der Waals surface area (Å²) in [4.78, 5) is 11.9. The Bertz CT molecular complexity index is 768. The van der Waals surface area contributed by atoms with Gasteiger partial charge < -0.3 is 9.73 Å². The minimum absolute atomic E-state index is 0.0449. The van der Waals surface area contributed by atoms with Crippen LogP contribution in [-0.4, -0.2) is 14.3 Å². The maximum Gasteiger partial charge on any atom is 0.291 e. The summed E-state index contributed by atoms with van der Waals surface area (Å²) < 4.78 is 27.9. The zero-order valence-corrected chi connectivity index (χ0v) is 12.8. The van der Waals surface area contributed by atoms with Crippen LogP contribution >= 0.6 is 15.9 Å². The lowest BCUT2D eigenvalue weighted by molar-refractivity contribution is 0.0996. The monoisotopic (exact) mass is 358 g/mol. The molecule has 106 valence electrons. The van der Waals surface area contributed by atoms with Gasteiger partial charge in [-0.3, -0.25) is 4.79 Å². The van der Waals surface area contributed by atoms with Crippen LogP contribution in [0.5, 0.6) is 0 Å². The molecule has 2 aromatic rings. The van der Waals surface area contributed by atoms with Crippen LogP contribution in [0, 0.1) is 6.92 Å². The zero-order valence-electron chi connectivity index (χ0n) is 10.4. The second-order valence-corrected chi connectivity index (χ2v) is 6.49. The molecule has 0 radical (unpaired) electrons. The lowest BCUT2D eigenvalue weighted by Gasteiger charge is -2.08. The molecule has 1 amide bonds. The number of anilines is 1. The van der Waals surface area contributed by atoms with E-state index in [4.69, 9.17) is 9.56 Å². The molecule has 0 saturated heterocycles. The molecule has 0 fully saturated rings.